The Bertz CT molecular complexity index is 511. The second-order valence-corrected chi connectivity index (χ2v) is 5.15. The van der Waals surface area contributed by atoms with Gasteiger partial charge in [-0.25, -0.2) is 9.59 Å². The molecule has 0 radical (unpaired) electrons. The van der Waals surface area contributed by atoms with Crippen LogP contribution in [-0.4, -0.2) is 41.4 Å². The number of aliphatic hydroxyl groups is 1. The number of amides is 2. The number of carboxylic acids is 1. The average molecular weight is 335 g/mol. The summed E-state index contributed by atoms with van der Waals surface area (Å²) in [5, 5.41) is 23.6. The summed E-state index contributed by atoms with van der Waals surface area (Å²) in [5.74, 6) is -1.31. The Morgan fingerprint density at radius 3 is 2.48 bits per heavy atom. The molecule has 1 rings (SSSR count). The summed E-state index contributed by atoms with van der Waals surface area (Å²) in [6, 6.07) is 4.70. The van der Waals surface area contributed by atoms with E-state index < -0.39 is 18.1 Å². The van der Waals surface area contributed by atoms with Gasteiger partial charge >= 0.3 is 12.0 Å². The van der Waals surface area contributed by atoms with Gasteiger partial charge in [0.05, 0.1) is 0 Å². The number of carbonyl (C=O) groups excluding carboxylic acids is 1. The second-order valence-electron chi connectivity index (χ2n) is 4.31. The lowest BCUT2D eigenvalue weighted by Crippen LogP contribution is -2.38. The number of nitrogens with one attached hydrogen (secondary N) is 2. The molecular weight excluding hydrogens is 319 g/mol. The Labute approximate surface area is 132 Å². The highest BCUT2D eigenvalue weighted by atomic mass is 35.5. The fourth-order valence-electron chi connectivity index (χ4n) is 1.54. The molecular formula is C13H16Cl2N2O4. The van der Waals surface area contributed by atoms with E-state index in [9.17, 15) is 9.59 Å². The number of benzene rings is 1. The van der Waals surface area contributed by atoms with Crippen molar-refractivity contribution in [3.8, 4) is 0 Å². The van der Waals surface area contributed by atoms with Crippen LogP contribution in [0.4, 0.5) is 4.79 Å². The van der Waals surface area contributed by atoms with E-state index in [0.717, 1.165) is 5.56 Å². The Balaban J connectivity index is 2.23. The summed E-state index contributed by atoms with van der Waals surface area (Å²) >= 11 is 11.8. The van der Waals surface area contributed by atoms with Gasteiger partial charge < -0.3 is 20.8 Å². The van der Waals surface area contributed by atoms with Gasteiger partial charge in [-0.15, -0.1) is 0 Å². The van der Waals surface area contributed by atoms with Crippen molar-refractivity contribution in [3.63, 3.8) is 0 Å². The zero-order valence-corrected chi connectivity index (χ0v) is 12.6. The molecule has 2 amide bonds. The molecule has 1 atom stereocenters. The molecule has 1 aromatic carbocycles. The standard InChI is InChI=1S/C13H16Cl2N2O4/c14-9-2-1-8(10(15)7-9)3-5-16-13(21)17-6-4-11(18)12(19)20/h1-2,7,11,18H,3-6H2,(H,19,20)(H2,16,17,21). The number of carbonyl (C=O) groups is 2. The summed E-state index contributed by atoms with van der Waals surface area (Å²) < 4.78 is 0. The van der Waals surface area contributed by atoms with Crippen LogP contribution in [-0.2, 0) is 11.2 Å². The van der Waals surface area contributed by atoms with Crippen LogP contribution in [0.3, 0.4) is 0 Å². The van der Waals surface area contributed by atoms with Crippen molar-refractivity contribution in [2.24, 2.45) is 0 Å². The number of halogens is 2. The zero-order valence-electron chi connectivity index (χ0n) is 11.1. The van der Waals surface area contributed by atoms with Crippen molar-refractivity contribution < 1.29 is 19.8 Å². The van der Waals surface area contributed by atoms with E-state index in [0.29, 0.717) is 23.0 Å². The van der Waals surface area contributed by atoms with E-state index >= 15 is 0 Å². The van der Waals surface area contributed by atoms with E-state index in [2.05, 4.69) is 10.6 Å². The maximum absolute atomic E-state index is 11.4. The molecule has 0 aliphatic carbocycles. The molecule has 116 valence electrons. The molecule has 4 N–H and O–H groups in total. The van der Waals surface area contributed by atoms with Gasteiger partial charge in [-0.1, -0.05) is 29.3 Å². The predicted octanol–water partition coefficient (Wildman–Crippen LogP) is 1.67. The van der Waals surface area contributed by atoms with Crippen LogP contribution in [0.15, 0.2) is 18.2 Å². The quantitative estimate of drug-likeness (QED) is 0.609. The molecule has 8 heteroatoms. The molecule has 0 fully saturated rings. The van der Waals surface area contributed by atoms with Crippen LogP contribution in [0.5, 0.6) is 0 Å². The Kier molecular flexibility index (Phi) is 7.28. The van der Waals surface area contributed by atoms with Crippen molar-refractivity contribution in [1.82, 2.24) is 10.6 Å². The first-order valence-corrected chi connectivity index (χ1v) is 7.02. The van der Waals surface area contributed by atoms with Crippen molar-refractivity contribution in [1.29, 1.82) is 0 Å². The minimum atomic E-state index is -1.47. The Morgan fingerprint density at radius 2 is 1.86 bits per heavy atom. The molecule has 0 aromatic heterocycles. The highest BCUT2D eigenvalue weighted by molar-refractivity contribution is 6.35. The Hall–Kier alpha value is -1.50. The summed E-state index contributed by atoms with van der Waals surface area (Å²) in [6.45, 7) is 0.440. The first kappa shape index (κ1) is 17.6. The number of aliphatic carboxylic acids is 1. The van der Waals surface area contributed by atoms with Crippen LogP contribution >= 0.6 is 23.2 Å². The van der Waals surface area contributed by atoms with Gasteiger partial charge in [-0.2, -0.15) is 0 Å². The van der Waals surface area contributed by atoms with E-state index in [-0.39, 0.29) is 13.0 Å². The van der Waals surface area contributed by atoms with Crippen LogP contribution in [0.25, 0.3) is 0 Å². The molecule has 21 heavy (non-hydrogen) atoms. The summed E-state index contributed by atoms with van der Waals surface area (Å²) in [7, 11) is 0. The summed E-state index contributed by atoms with van der Waals surface area (Å²) in [4.78, 5) is 21.8. The molecule has 0 saturated carbocycles. The van der Waals surface area contributed by atoms with Crippen LogP contribution in [0, 0.1) is 0 Å². The minimum absolute atomic E-state index is 0.0498. The topological polar surface area (TPSA) is 98.7 Å². The van der Waals surface area contributed by atoms with Gasteiger partial charge in [0, 0.05) is 29.6 Å². The smallest absolute Gasteiger partial charge is 0.332 e. The van der Waals surface area contributed by atoms with Crippen molar-refractivity contribution >= 4 is 35.2 Å². The number of carboxylic acid groups (broad SMARTS) is 1. The summed E-state index contributed by atoms with van der Waals surface area (Å²) in [5.41, 5.74) is 0.864. The lowest BCUT2D eigenvalue weighted by atomic mass is 10.1. The lowest BCUT2D eigenvalue weighted by Gasteiger charge is -2.09. The van der Waals surface area contributed by atoms with Gasteiger partial charge in [0.2, 0.25) is 0 Å². The molecule has 0 saturated heterocycles. The number of hydrogen-bond donors (Lipinski definition) is 4. The van der Waals surface area contributed by atoms with E-state index in [1.54, 1.807) is 18.2 Å². The molecule has 1 unspecified atom stereocenters. The van der Waals surface area contributed by atoms with Gasteiger partial charge in [0.25, 0.3) is 0 Å². The number of urea groups is 1. The fourth-order valence-corrected chi connectivity index (χ4v) is 2.05. The van der Waals surface area contributed by atoms with Crippen LogP contribution < -0.4 is 10.6 Å². The van der Waals surface area contributed by atoms with Crippen molar-refractivity contribution in [2.75, 3.05) is 13.1 Å². The molecule has 0 heterocycles. The van der Waals surface area contributed by atoms with Gasteiger partial charge in [0.1, 0.15) is 0 Å². The maximum atomic E-state index is 11.4. The maximum Gasteiger partial charge on any atom is 0.332 e. The highest BCUT2D eigenvalue weighted by Crippen LogP contribution is 2.20. The fraction of sp³-hybridized carbons (Fsp3) is 0.385. The molecule has 0 aliphatic heterocycles. The molecule has 6 nitrogen and oxygen atoms in total. The number of rotatable bonds is 7. The molecule has 0 spiro atoms. The number of aliphatic hydroxyl groups excluding tert-OH is 1. The van der Waals surface area contributed by atoms with Crippen molar-refractivity contribution in [3.05, 3.63) is 33.8 Å². The largest absolute Gasteiger partial charge is 0.479 e. The zero-order chi connectivity index (χ0) is 15.8. The predicted molar refractivity (Wildman–Crippen MR) is 79.8 cm³/mol. The number of hydrogen-bond acceptors (Lipinski definition) is 3. The van der Waals surface area contributed by atoms with Gasteiger partial charge in [-0.05, 0) is 24.1 Å². The normalized spacial score (nSPS) is 11.8. The minimum Gasteiger partial charge on any atom is -0.479 e. The van der Waals surface area contributed by atoms with Crippen LogP contribution in [0.2, 0.25) is 10.0 Å². The van der Waals surface area contributed by atoms with Gasteiger partial charge in [0.15, 0.2) is 6.10 Å². The van der Waals surface area contributed by atoms with Crippen molar-refractivity contribution in [2.45, 2.75) is 18.9 Å². The lowest BCUT2D eigenvalue weighted by molar-refractivity contribution is -0.146. The average Bonchev–Trinajstić information content (AvgIpc) is 2.41. The summed E-state index contributed by atoms with van der Waals surface area (Å²) in [6.07, 6.45) is -0.981. The first-order chi connectivity index (χ1) is 9.90. The molecule has 1 aromatic rings. The third-order valence-corrected chi connectivity index (χ3v) is 3.27. The third kappa shape index (κ3) is 6.66. The monoisotopic (exact) mass is 334 g/mol. The SMILES string of the molecule is O=C(NCCc1ccc(Cl)cc1Cl)NCCC(O)C(=O)O. The van der Waals surface area contributed by atoms with Gasteiger partial charge in [-0.3, -0.25) is 0 Å². The van der Waals surface area contributed by atoms with E-state index in [1.165, 1.54) is 0 Å². The van der Waals surface area contributed by atoms with E-state index in [1.807, 2.05) is 0 Å². The Morgan fingerprint density at radius 1 is 1.19 bits per heavy atom. The van der Waals surface area contributed by atoms with E-state index in [4.69, 9.17) is 33.4 Å². The second kappa shape index (κ2) is 8.71. The first-order valence-electron chi connectivity index (χ1n) is 6.26. The van der Waals surface area contributed by atoms with Crippen LogP contribution in [0.1, 0.15) is 12.0 Å². The molecule has 0 bridgehead atoms. The third-order valence-electron chi connectivity index (χ3n) is 2.68. The highest BCUT2D eigenvalue weighted by Gasteiger charge is 2.12. The molecule has 0 aliphatic rings.